The van der Waals surface area contributed by atoms with Gasteiger partial charge in [0.25, 0.3) is 0 Å². The maximum absolute atomic E-state index is 12.3. The zero-order valence-corrected chi connectivity index (χ0v) is 12.1. The molecule has 4 heteroatoms. The first-order valence-electron chi connectivity index (χ1n) is 6.52. The Labute approximate surface area is 120 Å². The van der Waals surface area contributed by atoms with Gasteiger partial charge in [0.2, 0.25) is 0 Å². The number of benzene rings is 2. The van der Waals surface area contributed by atoms with E-state index in [1.165, 1.54) is 10.8 Å². The van der Waals surface area contributed by atoms with Crippen LogP contribution in [0, 0.1) is 0 Å². The lowest BCUT2D eigenvalue weighted by molar-refractivity contribution is 0.679. The molecule has 2 aromatic carbocycles. The highest BCUT2D eigenvalue weighted by molar-refractivity contribution is 7.83. The van der Waals surface area contributed by atoms with Crippen molar-refractivity contribution in [3.63, 3.8) is 0 Å². The van der Waals surface area contributed by atoms with Gasteiger partial charge in [-0.3, -0.25) is 4.21 Å². The largest absolute Gasteiger partial charge is 0.337 e. The summed E-state index contributed by atoms with van der Waals surface area (Å²) >= 11 is 0. The van der Waals surface area contributed by atoms with E-state index >= 15 is 0 Å². The second-order valence-electron chi connectivity index (χ2n) is 4.82. The van der Waals surface area contributed by atoms with E-state index in [1.807, 2.05) is 36.0 Å². The Morgan fingerprint density at radius 1 is 1.10 bits per heavy atom. The van der Waals surface area contributed by atoms with Crippen LogP contribution >= 0.6 is 0 Å². The standard InChI is InChI=1S/C16H16N2OS/c1-18-10-9-17-16(18)12-20(19)11-14-7-4-6-13-5-2-3-8-15(13)14/h2-10H,11-12H2,1H3. The van der Waals surface area contributed by atoms with Crippen LogP contribution in [-0.2, 0) is 29.4 Å². The van der Waals surface area contributed by atoms with Crippen molar-refractivity contribution in [3.8, 4) is 0 Å². The van der Waals surface area contributed by atoms with Gasteiger partial charge in [0, 0.05) is 36.0 Å². The molecule has 1 unspecified atom stereocenters. The molecule has 1 aromatic heterocycles. The predicted molar refractivity (Wildman–Crippen MR) is 82.7 cm³/mol. The van der Waals surface area contributed by atoms with Crippen molar-refractivity contribution in [3.05, 3.63) is 66.2 Å². The molecule has 20 heavy (non-hydrogen) atoms. The highest BCUT2D eigenvalue weighted by Gasteiger charge is 2.09. The average molecular weight is 284 g/mol. The minimum Gasteiger partial charge on any atom is -0.337 e. The summed E-state index contributed by atoms with van der Waals surface area (Å²) in [5.74, 6) is 1.92. The normalized spacial score (nSPS) is 12.7. The lowest BCUT2D eigenvalue weighted by Gasteiger charge is -2.07. The molecule has 0 fully saturated rings. The second-order valence-corrected chi connectivity index (χ2v) is 6.28. The molecule has 0 radical (unpaired) electrons. The first kappa shape index (κ1) is 13.1. The van der Waals surface area contributed by atoms with Crippen molar-refractivity contribution in [1.82, 2.24) is 9.55 Å². The SMILES string of the molecule is Cn1ccnc1CS(=O)Cc1cccc2ccccc12. The maximum Gasteiger partial charge on any atom is 0.121 e. The van der Waals surface area contributed by atoms with E-state index in [4.69, 9.17) is 0 Å². The molecular weight excluding hydrogens is 268 g/mol. The van der Waals surface area contributed by atoms with Crippen LogP contribution in [0.15, 0.2) is 54.9 Å². The summed E-state index contributed by atoms with van der Waals surface area (Å²) < 4.78 is 14.3. The summed E-state index contributed by atoms with van der Waals surface area (Å²) in [7, 11) is 0.978. The van der Waals surface area contributed by atoms with Gasteiger partial charge in [0.15, 0.2) is 0 Å². The molecule has 0 aliphatic heterocycles. The van der Waals surface area contributed by atoms with E-state index in [1.54, 1.807) is 6.20 Å². The van der Waals surface area contributed by atoms with E-state index in [9.17, 15) is 4.21 Å². The van der Waals surface area contributed by atoms with Gasteiger partial charge in [-0.25, -0.2) is 4.98 Å². The lowest BCUT2D eigenvalue weighted by Crippen LogP contribution is -2.05. The van der Waals surface area contributed by atoms with E-state index in [0.29, 0.717) is 11.5 Å². The molecule has 0 aliphatic carbocycles. The summed E-state index contributed by atoms with van der Waals surface area (Å²) in [6.45, 7) is 0. The number of aryl methyl sites for hydroxylation is 1. The van der Waals surface area contributed by atoms with Gasteiger partial charge in [0.1, 0.15) is 5.82 Å². The Balaban J connectivity index is 1.83. The first-order valence-corrected chi connectivity index (χ1v) is 8.00. The van der Waals surface area contributed by atoms with Crippen LogP contribution in [-0.4, -0.2) is 13.8 Å². The number of fused-ring (bicyclic) bond motifs is 1. The van der Waals surface area contributed by atoms with E-state index in [0.717, 1.165) is 11.4 Å². The van der Waals surface area contributed by atoms with Crippen molar-refractivity contribution < 1.29 is 4.21 Å². The van der Waals surface area contributed by atoms with Crippen LogP contribution < -0.4 is 0 Å². The van der Waals surface area contributed by atoms with Gasteiger partial charge in [-0.2, -0.15) is 0 Å². The van der Waals surface area contributed by atoms with Crippen LogP contribution in [0.5, 0.6) is 0 Å². The third-order valence-corrected chi connectivity index (χ3v) is 4.62. The van der Waals surface area contributed by atoms with E-state index in [-0.39, 0.29) is 0 Å². The van der Waals surface area contributed by atoms with E-state index < -0.39 is 10.8 Å². The Morgan fingerprint density at radius 3 is 2.70 bits per heavy atom. The minimum atomic E-state index is -0.950. The molecule has 0 aliphatic rings. The summed E-state index contributed by atoms with van der Waals surface area (Å²) in [5, 5.41) is 2.38. The smallest absolute Gasteiger partial charge is 0.121 e. The van der Waals surface area contributed by atoms with Crippen LogP contribution in [0.4, 0.5) is 0 Å². The average Bonchev–Trinajstić information content (AvgIpc) is 2.85. The Bertz CT molecular complexity index is 759. The van der Waals surface area contributed by atoms with Crippen LogP contribution in [0.3, 0.4) is 0 Å². The molecule has 3 nitrogen and oxygen atoms in total. The molecule has 102 valence electrons. The molecule has 0 saturated heterocycles. The Morgan fingerprint density at radius 2 is 1.90 bits per heavy atom. The molecule has 1 heterocycles. The maximum atomic E-state index is 12.3. The van der Waals surface area contributed by atoms with Crippen LogP contribution in [0.25, 0.3) is 10.8 Å². The molecular formula is C16H16N2OS. The van der Waals surface area contributed by atoms with Gasteiger partial charge < -0.3 is 4.57 Å². The van der Waals surface area contributed by atoms with Crippen molar-refractivity contribution in [2.75, 3.05) is 0 Å². The third kappa shape index (κ3) is 2.65. The summed E-state index contributed by atoms with van der Waals surface area (Å²) in [4.78, 5) is 4.23. The number of aromatic nitrogens is 2. The molecule has 3 rings (SSSR count). The highest BCUT2D eigenvalue weighted by atomic mass is 32.2. The number of rotatable bonds is 4. The fourth-order valence-electron chi connectivity index (χ4n) is 2.32. The van der Waals surface area contributed by atoms with Crippen molar-refractivity contribution in [1.29, 1.82) is 0 Å². The Kier molecular flexibility index (Phi) is 3.65. The molecule has 0 spiro atoms. The first-order chi connectivity index (χ1) is 9.74. The lowest BCUT2D eigenvalue weighted by atomic mass is 10.1. The van der Waals surface area contributed by atoms with Gasteiger partial charge in [-0.05, 0) is 16.3 Å². The molecule has 0 bridgehead atoms. The molecule has 0 amide bonds. The monoisotopic (exact) mass is 284 g/mol. The van der Waals surface area contributed by atoms with Gasteiger partial charge in [-0.1, -0.05) is 42.5 Å². The zero-order valence-electron chi connectivity index (χ0n) is 11.3. The van der Waals surface area contributed by atoms with Gasteiger partial charge in [0.05, 0.1) is 5.75 Å². The third-order valence-electron chi connectivity index (χ3n) is 3.41. The van der Waals surface area contributed by atoms with Gasteiger partial charge >= 0.3 is 0 Å². The second kappa shape index (κ2) is 5.59. The zero-order chi connectivity index (χ0) is 13.9. The minimum absolute atomic E-state index is 0.493. The fourth-order valence-corrected chi connectivity index (χ4v) is 3.59. The molecule has 0 saturated carbocycles. The predicted octanol–water partition coefficient (Wildman–Crippen LogP) is 3.02. The van der Waals surface area contributed by atoms with Crippen LogP contribution in [0.1, 0.15) is 11.4 Å². The summed E-state index contributed by atoms with van der Waals surface area (Å²) in [6.07, 6.45) is 3.62. The number of hydrogen-bond acceptors (Lipinski definition) is 2. The van der Waals surface area contributed by atoms with E-state index in [2.05, 4.69) is 29.2 Å². The number of nitrogens with zero attached hydrogens (tertiary/aromatic N) is 2. The van der Waals surface area contributed by atoms with Crippen molar-refractivity contribution >= 4 is 21.6 Å². The topological polar surface area (TPSA) is 34.9 Å². The molecule has 1 atom stereocenters. The quantitative estimate of drug-likeness (QED) is 0.738. The Hall–Kier alpha value is -1.94. The fraction of sp³-hybridized carbons (Fsp3) is 0.188. The molecule has 0 N–H and O–H groups in total. The van der Waals surface area contributed by atoms with Gasteiger partial charge in [-0.15, -0.1) is 0 Å². The summed E-state index contributed by atoms with van der Waals surface area (Å²) in [5.41, 5.74) is 1.13. The molecule has 3 aromatic rings. The summed E-state index contributed by atoms with van der Waals surface area (Å²) in [6, 6.07) is 14.4. The highest BCUT2D eigenvalue weighted by Crippen LogP contribution is 2.20. The van der Waals surface area contributed by atoms with Crippen molar-refractivity contribution in [2.24, 2.45) is 7.05 Å². The van der Waals surface area contributed by atoms with Crippen LogP contribution in [0.2, 0.25) is 0 Å². The number of imidazole rings is 1. The van der Waals surface area contributed by atoms with Crippen molar-refractivity contribution in [2.45, 2.75) is 11.5 Å². The number of hydrogen-bond donors (Lipinski definition) is 0.